The predicted molar refractivity (Wildman–Crippen MR) is 482 cm³/mol. The van der Waals surface area contributed by atoms with Crippen LogP contribution in [0.25, 0.3) is 0 Å². The van der Waals surface area contributed by atoms with Gasteiger partial charge in [-0.25, -0.2) is 139 Å². The summed E-state index contributed by atoms with van der Waals surface area (Å²) in [5.74, 6) is -12.1. The minimum Gasteiger partial charge on any atom is -0.322 e. The Morgan fingerprint density at radius 3 is 0.473 bits per heavy atom. The summed E-state index contributed by atoms with van der Waals surface area (Å²) in [5.41, 5.74) is -6.25. The van der Waals surface area contributed by atoms with Crippen LogP contribution in [0.5, 0.6) is 0 Å². The Hall–Kier alpha value is -15.7. The van der Waals surface area contributed by atoms with E-state index in [4.69, 9.17) is 0 Å². The zero-order valence-corrected chi connectivity index (χ0v) is 75.5. The van der Waals surface area contributed by atoms with Crippen molar-refractivity contribution in [2.75, 3.05) is 60.2 Å². The normalized spacial score (nSPS) is 11.7. The number of nitrogens with one attached hydrogen (secondary N) is 12. The molecule has 672 valence electrons. The lowest BCUT2D eigenvalue weighted by molar-refractivity contribution is 0.0949. The van der Waals surface area contributed by atoms with Gasteiger partial charge in [-0.1, -0.05) is 0 Å². The number of aryl methyl sites for hydroxylation is 11. The number of hydrogen-bond acceptors (Lipinski definition) is 30. The molecule has 48 heteroatoms. The van der Waals surface area contributed by atoms with E-state index in [1.165, 1.54) is 12.3 Å². The molecule has 0 aliphatic heterocycles. The van der Waals surface area contributed by atoms with Gasteiger partial charge in [0.1, 0.15) is 0 Å². The number of nitrogens with zero attached hydrogens (tertiary/aromatic N) is 12. The molecule has 13 aromatic rings. The van der Waals surface area contributed by atoms with Gasteiger partial charge >= 0.3 is 0 Å². The molecule has 42 nitrogen and oxygen atoms in total. The first kappa shape index (κ1) is 93.0. The van der Waals surface area contributed by atoms with Crippen LogP contribution < -0.4 is 60.2 Å². The molecule has 0 fully saturated rings. The van der Waals surface area contributed by atoms with Gasteiger partial charge in [-0.2, -0.15) is 0 Å². The average molecular weight is 1890 g/mol. The Kier molecular flexibility index (Phi) is 26.5. The summed E-state index contributed by atoms with van der Waals surface area (Å²) in [6.45, 7) is 17.4. The second-order valence-electron chi connectivity index (χ2n) is 29.1. The van der Waals surface area contributed by atoms with E-state index in [0.29, 0.717) is 62.6 Å². The van der Waals surface area contributed by atoms with Crippen LogP contribution in [0.15, 0.2) is 218 Å². The molecule has 131 heavy (non-hydrogen) atoms. The van der Waals surface area contributed by atoms with Crippen LogP contribution in [-0.2, 0) is 60.1 Å². The average Bonchev–Trinajstić information content (AvgIpc) is 0.721. The molecule has 0 bridgehead atoms. The molecule has 6 heterocycles. The van der Waals surface area contributed by atoms with Gasteiger partial charge in [-0.3, -0.25) is 28.8 Å². The minimum atomic E-state index is -4.60. The molecule has 6 aromatic heterocycles. The quantitative estimate of drug-likeness (QED) is 0.0199. The molecule has 0 spiro atoms. The number of benzene rings is 7. The minimum absolute atomic E-state index is 0.328. The van der Waals surface area contributed by atoms with Crippen molar-refractivity contribution in [2.24, 2.45) is 0 Å². The third kappa shape index (κ3) is 22.7. The van der Waals surface area contributed by atoms with Crippen LogP contribution in [0.4, 0.5) is 69.8 Å². The van der Waals surface area contributed by atoms with Gasteiger partial charge in [0, 0.05) is 103 Å². The summed E-state index contributed by atoms with van der Waals surface area (Å²) in [6.07, 6.45) is 1.28. The number of sulfonamides is 6. The first-order valence-corrected chi connectivity index (χ1v) is 47.4. The van der Waals surface area contributed by atoms with E-state index >= 15 is 28.8 Å². The van der Waals surface area contributed by atoms with Crippen molar-refractivity contribution in [1.82, 2.24) is 59.8 Å². The van der Waals surface area contributed by atoms with Gasteiger partial charge < -0.3 is 31.9 Å². The van der Waals surface area contributed by atoms with Crippen molar-refractivity contribution in [3.8, 4) is 0 Å². The van der Waals surface area contributed by atoms with Gasteiger partial charge in [0.25, 0.3) is 95.6 Å². The van der Waals surface area contributed by atoms with Gasteiger partial charge in [-0.15, -0.1) is 0 Å². The fourth-order valence-corrected chi connectivity index (χ4v) is 18.7. The van der Waals surface area contributed by atoms with Crippen LogP contribution in [0.3, 0.4) is 0 Å². The highest BCUT2D eigenvalue weighted by Gasteiger charge is 2.42. The third-order valence-corrected chi connectivity index (χ3v) is 26.5. The van der Waals surface area contributed by atoms with Gasteiger partial charge in [0.05, 0.1) is 62.8 Å². The second-order valence-corrected chi connectivity index (χ2v) is 39.2. The summed E-state index contributed by atoms with van der Waals surface area (Å²) in [6, 6.07) is 33.5. The maximum Gasteiger partial charge on any atom is 0.264 e. The highest BCUT2D eigenvalue weighted by Crippen LogP contribution is 2.37. The first-order chi connectivity index (χ1) is 61.7. The number of rotatable bonds is 30. The molecule has 7 aromatic carbocycles. The maximum absolute atomic E-state index is 16.6. The highest BCUT2D eigenvalue weighted by atomic mass is 32.2. The summed E-state index contributed by atoms with van der Waals surface area (Å²) in [5, 5.41) is 14.9. The molecule has 6 amide bonds. The third-order valence-electron chi connectivity index (χ3n) is 18.5. The van der Waals surface area contributed by atoms with E-state index in [-0.39, 0.29) is 35.7 Å². The Bertz CT molecular complexity index is 6570. The largest absolute Gasteiger partial charge is 0.322 e. The van der Waals surface area contributed by atoms with Crippen molar-refractivity contribution in [2.45, 2.75) is 106 Å². The number of anilines is 12. The van der Waals surface area contributed by atoms with Crippen LogP contribution in [0.1, 0.15) is 125 Å². The van der Waals surface area contributed by atoms with Crippen molar-refractivity contribution in [3.05, 3.63) is 284 Å². The molecule has 0 unspecified atom stereocenters. The SMILES string of the molecule is Cc1ccnc(NS(=O)(=O)c2ccc(NC(=O)c3c(C(=O)Nc4ccc(S(=O)(=O)Nc5nc(C)cc(C)n5)cc4)c(C(=O)Nc4ccc(S(=O)(=O)Nc5nc(C)cc(C)n5)cc4)c(C(=O)Nc4ccc(S(=O)(=O)Nc5nc(C)cc(C)n5)cc4)c(C(=O)Nc4ccc(S(=O)(=O)Nc5nc(C)cc(C)n5)cc4)c3C(=O)Nc3ccc(S(=O)(=O)Nc4nc(C)cc(C)n4)cc3)cc2)n1. The number of carbonyl (C=O) groups is 6. The Morgan fingerprint density at radius 1 is 0.191 bits per heavy atom. The lowest BCUT2D eigenvalue weighted by Crippen LogP contribution is -2.36. The van der Waals surface area contributed by atoms with Crippen LogP contribution in [0.2, 0.25) is 0 Å². The van der Waals surface area contributed by atoms with Crippen LogP contribution in [0, 0.1) is 76.2 Å². The monoisotopic (exact) mass is 1890 g/mol. The molecule has 13 rings (SSSR count). The molecule has 0 radical (unpaired) electrons. The fourth-order valence-electron chi connectivity index (χ4n) is 13.0. The number of amides is 6. The molecule has 0 aliphatic rings. The highest BCUT2D eigenvalue weighted by molar-refractivity contribution is 7.94. The summed E-state index contributed by atoms with van der Waals surface area (Å²) < 4.78 is 182. The van der Waals surface area contributed by atoms with Crippen LogP contribution >= 0.6 is 0 Å². The van der Waals surface area contributed by atoms with Gasteiger partial charge in [0.15, 0.2) is 0 Å². The number of hydrogen-bond donors (Lipinski definition) is 12. The van der Waals surface area contributed by atoms with Crippen LogP contribution in [-0.4, -0.2) is 146 Å². The number of carbonyl (C=O) groups excluding carboxylic acids is 6. The van der Waals surface area contributed by atoms with Crippen molar-refractivity contribution in [1.29, 1.82) is 0 Å². The van der Waals surface area contributed by atoms with Crippen molar-refractivity contribution in [3.63, 3.8) is 0 Å². The lowest BCUT2D eigenvalue weighted by atomic mass is 9.83. The standard InChI is InChI=1S/C83H76N24O18S6/c1-43-36-37-84-78(85-43)102-126(114,115)60-24-12-54(13-25-60)96-72(108)66-67(73(109)97-55-14-26-61(27-15-55)127(116,117)103-79-86-44(2)38-45(3)87-79)69(75(111)99-57-18-30-63(31-19-57)129(120,121)105-81-90-48(6)40-49(7)91-81)71(77(113)101-59-22-34-65(35-23-59)131(124,125)107-83-94-52(10)42-53(11)95-83)70(76(112)100-58-20-32-64(33-21-58)130(122,123)106-82-92-50(8)41-51(9)93-82)68(66)74(110)98-56-16-28-62(29-17-56)128(118,119)104-80-88-46(4)39-47(5)89-80/h12-42H,1-11H3,(H,96,108)(H,97,109)(H,98,110)(H,99,111)(H,100,112)(H,101,113)(H,84,85,102)(H,86,87,103)(H,88,89,104)(H,90,91,105)(H,92,93,106)(H,94,95,107). The Balaban J connectivity index is 1.06. The maximum atomic E-state index is 16.6. The van der Waals surface area contributed by atoms with E-state index < -0.39 is 192 Å². The van der Waals surface area contributed by atoms with E-state index in [1.54, 1.807) is 106 Å². The zero-order chi connectivity index (χ0) is 94.6. The topological polar surface area (TPSA) is 606 Å². The molecular weight excluding hydrogens is 1810 g/mol. The van der Waals surface area contributed by atoms with Crippen molar-refractivity contribution < 1.29 is 79.3 Å². The molecule has 0 aliphatic carbocycles. The smallest absolute Gasteiger partial charge is 0.264 e. The molecule has 12 N–H and O–H groups in total. The predicted octanol–water partition coefficient (Wildman–Crippen LogP) is 10.1. The fraction of sp³-hybridized carbons (Fsp3) is 0.133. The van der Waals surface area contributed by atoms with Gasteiger partial charge in [0.2, 0.25) is 35.7 Å². The summed E-state index contributed by atoms with van der Waals surface area (Å²) in [4.78, 5) is 146. The van der Waals surface area contributed by atoms with E-state index in [1.807, 2.05) is 0 Å². The number of aromatic nitrogens is 12. The second kappa shape index (κ2) is 37.3. The lowest BCUT2D eigenvalue weighted by Gasteiger charge is -2.25. The molecule has 0 atom stereocenters. The molecule has 0 saturated heterocycles. The van der Waals surface area contributed by atoms with Crippen molar-refractivity contribution >= 4 is 165 Å². The Morgan fingerprint density at radius 2 is 0.328 bits per heavy atom. The summed E-state index contributed by atoms with van der Waals surface area (Å²) in [7, 11) is -27.6. The van der Waals surface area contributed by atoms with E-state index in [2.05, 4.69) is 120 Å². The van der Waals surface area contributed by atoms with E-state index in [9.17, 15) is 50.5 Å². The Labute approximate surface area is 749 Å². The van der Waals surface area contributed by atoms with Gasteiger partial charge in [-0.05, 0) is 258 Å². The molecular formula is C83H76N24O18S6. The molecule has 0 saturated carbocycles. The summed E-state index contributed by atoms with van der Waals surface area (Å²) >= 11 is 0. The van der Waals surface area contributed by atoms with E-state index in [0.717, 1.165) is 146 Å². The zero-order valence-electron chi connectivity index (χ0n) is 70.6. The first-order valence-electron chi connectivity index (χ1n) is 38.5.